The molecule has 0 amide bonds. The van der Waals surface area contributed by atoms with Crippen LogP contribution in [0, 0.1) is 5.92 Å². The summed E-state index contributed by atoms with van der Waals surface area (Å²) in [7, 11) is 1.93. The summed E-state index contributed by atoms with van der Waals surface area (Å²) in [4.78, 5) is 6.92. The fourth-order valence-corrected chi connectivity index (χ4v) is 3.10. The fraction of sp³-hybridized carbons (Fsp3) is 0.667. The van der Waals surface area contributed by atoms with Gasteiger partial charge in [0.25, 0.3) is 0 Å². The van der Waals surface area contributed by atoms with Gasteiger partial charge in [0.2, 0.25) is 0 Å². The van der Waals surface area contributed by atoms with Gasteiger partial charge in [0, 0.05) is 25.8 Å². The Hall–Kier alpha value is -0.800. The first-order valence-electron chi connectivity index (χ1n) is 7.28. The van der Waals surface area contributed by atoms with Crippen LogP contribution < -0.4 is 10.2 Å². The minimum Gasteiger partial charge on any atom is -0.355 e. The predicted molar refractivity (Wildman–Crippen MR) is 81.9 cm³/mol. The topological polar surface area (TPSA) is 28.2 Å². The number of hydrogen-bond donors (Lipinski definition) is 1. The molecular formula is C15H24ClN3. The largest absolute Gasteiger partial charge is 0.355 e. The number of nitrogens with one attached hydrogen (secondary N) is 1. The van der Waals surface area contributed by atoms with Gasteiger partial charge >= 0.3 is 0 Å². The summed E-state index contributed by atoms with van der Waals surface area (Å²) in [6.07, 6.45) is 7.06. The van der Waals surface area contributed by atoms with Gasteiger partial charge in [-0.05, 0) is 43.9 Å². The third-order valence-electron chi connectivity index (χ3n) is 3.98. The van der Waals surface area contributed by atoms with Gasteiger partial charge in [-0.1, -0.05) is 24.9 Å². The maximum atomic E-state index is 6.39. The molecule has 2 heterocycles. The van der Waals surface area contributed by atoms with Crippen molar-refractivity contribution in [3.8, 4) is 0 Å². The van der Waals surface area contributed by atoms with Crippen molar-refractivity contribution in [3.05, 3.63) is 22.8 Å². The van der Waals surface area contributed by atoms with Gasteiger partial charge in [0.15, 0.2) is 0 Å². The molecule has 1 atom stereocenters. The van der Waals surface area contributed by atoms with Gasteiger partial charge in [-0.2, -0.15) is 0 Å². The molecule has 0 spiro atoms. The summed E-state index contributed by atoms with van der Waals surface area (Å²) >= 11 is 6.39. The van der Waals surface area contributed by atoms with Crippen molar-refractivity contribution >= 4 is 17.4 Å². The minimum absolute atomic E-state index is 0.780. The molecule has 3 nitrogen and oxygen atoms in total. The molecule has 1 saturated heterocycles. The molecule has 0 aliphatic carbocycles. The quantitative estimate of drug-likeness (QED) is 0.916. The van der Waals surface area contributed by atoms with Crippen LogP contribution in [0.1, 0.15) is 38.2 Å². The summed E-state index contributed by atoms with van der Waals surface area (Å²) < 4.78 is 0. The van der Waals surface area contributed by atoms with Crippen LogP contribution >= 0.6 is 11.6 Å². The summed E-state index contributed by atoms with van der Waals surface area (Å²) in [5.41, 5.74) is 1.14. The molecule has 1 N–H and O–H groups in total. The van der Waals surface area contributed by atoms with Crippen LogP contribution in [-0.2, 0) is 6.54 Å². The summed E-state index contributed by atoms with van der Waals surface area (Å²) in [6.45, 7) is 5.26. The third kappa shape index (κ3) is 3.83. The Balaban J connectivity index is 2.08. The molecule has 19 heavy (non-hydrogen) atoms. The molecule has 4 heteroatoms. The lowest BCUT2D eigenvalue weighted by Gasteiger charge is -2.23. The monoisotopic (exact) mass is 281 g/mol. The molecule has 1 aromatic rings. The van der Waals surface area contributed by atoms with Crippen LogP contribution in [0.4, 0.5) is 5.82 Å². The number of pyridine rings is 1. The van der Waals surface area contributed by atoms with E-state index in [1.54, 1.807) is 0 Å². The van der Waals surface area contributed by atoms with E-state index in [2.05, 4.69) is 22.1 Å². The van der Waals surface area contributed by atoms with E-state index < -0.39 is 0 Å². The normalized spacial score (nSPS) is 20.4. The van der Waals surface area contributed by atoms with E-state index in [0.29, 0.717) is 0 Å². The van der Waals surface area contributed by atoms with E-state index in [4.69, 9.17) is 11.6 Å². The van der Waals surface area contributed by atoms with Gasteiger partial charge in [0.05, 0.1) is 5.02 Å². The van der Waals surface area contributed by atoms with Crippen molar-refractivity contribution in [3.63, 3.8) is 0 Å². The lowest BCUT2D eigenvalue weighted by molar-refractivity contribution is 0.459. The molecule has 106 valence electrons. The highest BCUT2D eigenvalue weighted by atomic mass is 35.5. The van der Waals surface area contributed by atoms with Crippen molar-refractivity contribution in [2.75, 3.05) is 25.0 Å². The average molecular weight is 282 g/mol. The predicted octanol–water partition coefficient (Wildman–Crippen LogP) is 3.47. The molecule has 0 bridgehead atoms. The molecule has 1 aromatic heterocycles. The van der Waals surface area contributed by atoms with Crippen molar-refractivity contribution in [1.82, 2.24) is 10.3 Å². The van der Waals surface area contributed by atoms with Gasteiger partial charge in [-0.25, -0.2) is 4.98 Å². The maximum Gasteiger partial charge on any atom is 0.147 e. The standard InChI is InChI=1S/C15H24ClN3/c1-3-12-5-4-7-19(8-6-12)15-14(16)9-13(10-17-2)11-18-15/h9,11-12,17H,3-8,10H2,1-2H3. The number of anilines is 1. The molecule has 1 unspecified atom stereocenters. The lowest BCUT2D eigenvalue weighted by atomic mass is 9.98. The molecule has 1 fully saturated rings. The van der Waals surface area contributed by atoms with Crippen molar-refractivity contribution in [1.29, 1.82) is 0 Å². The Labute approximate surface area is 121 Å². The molecule has 0 aromatic carbocycles. The van der Waals surface area contributed by atoms with E-state index in [1.807, 2.05) is 19.3 Å². The van der Waals surface area contributed by atoms with E-state index in [9.17, 15) is 0 Å². The zero-order chi connectivity index (χ0) is 13.7. The van der Waals surface area contributed by atoms with E-state index in [1.165, 1.54) is 25.7 Å². The second-order valence-electron chi connectivity index (χ2n) is 5.37. The van der Waals surface area contributed by atoms with E-state index >= 15 is 0 Å². The molecule has 0 saturated carbocycles. The summed E-state index contributed by atoms with van der Waals surface area (Å²) in [5, 5.41) is 3.90. The first-order chi connectivity index (χ1) is 9.24. The fourth-order valence-electron chi connectivity index (χ4n) is 2.79. The van der Waals surface area contributed by atoms with Crippen LogP contribution in [-0.4, -0.2) is 25.1 Å². The highest BCUT2D eigenvalue weighted by molar-refractivity contribution is 6.33. The zero-order valence-electron chi connectivity index (χ0n) is 12.0. The van der Waals surface area contributed by atoms with Crippen LogP contribution in [0.25, 0.3) is 0 Å². The SMILES string of the molecule is CCC1CCCN(c2ncc(CNC)cc2Cl)CC1. The number of aromatic nitrogens is 1. The first kappa shape index (κ1) is 14.6. The Kier molecular flexibility index (Phi) is 5.46. The minimum atomic E-state index is 0.780. The molecule has 1 aliphatic heterocycles. The number of halogens is 1. The van der Waals surface area contributed by atoms with Crippen LogP contribution in [0.15, 0.2) is 12.3 Å². The Morgan fingerprint density at radius 1 is 1.42 bits per heavy atom. The van der Waals surface area contributed by atoms with Gasteiger partial charge < -0.3 is 10.2 Å². The first-order valence-corrected chi connectivity index (χ1v) is 7.66. The molecule has 0 radical (unpaired) electrons. The number of rotatable bonds is 4. The smallest absolute Gasteiger partial charge is 0.147 e. The molecule has 1 aliphatic rings. The van der Waals surface area contributed by atoms with Crippen molar-refractivity contribution in [2.24, 2.45) is 5.92 Å². The highest BCUT2D eigenvalue weighted by Gasteiger charge is 2.18. The summed E-state index contributed by atoms with van der Waals surface area (Å²) in [6, 6.07) is 2.03. The number of hydrogen-bond acceptors (Lipinski definition) is 3. The zero-order valence-corrected chi connectivity index (χ0v) is 12.7. The number of nitrogens with zero attached hydrogens (tertiary/aromatic N) is 2. The summed E-state index contributed by atoms with van der Waals surface area (Å²) in [5.74, 6) is 1.82. The van der Waals surface area contributed by atoms with E-state index in [0.717, 1.165) is 42.0 Å². The van der Waals surface area contributed by atoms with Crippen molar-refractivity contribution in [2.45, 2.75) is 39.2 Å². The Morgan fingerprint density at radius 2 is 2.26 bits per heavy atom. The van der Waals surface area contributed by atoms with Crippen LogP contribution in [0.5, 0.6) is 0 Å². The highest BCUT2D eigenvalue weighted by Crippen LogP contribution is 2.28. The van der Waals surface area contributed by atoms with Crippen LogP contribution in [0.3, 0.4) is 0 Å². The van der Waals surface area contributed by atoms with Crippen molar-refractivity contribution < 1.29 is 0 Å². The Bertz CT molecular complexity index is 408. The average Bonchev–Trinajstić information content (AvgIpc) is 2.64. The van der Waals surface area contributed by atoms with Gasteiger partial charge in [-0.15, -0.1) is 0 Å². The second kappa shape index (κ2) is 7.11. The van der Waals surface area contributed by atoms with E-state index in [-0.39, 0.29) is 0 Å². The molecule has 2 rings (SSSR count). The third-order valence-corrected chi connectivity index (χ3v) is 4.26. The lowest BCUT2D eigenvalue weighted by Crippen LogP contribution is -2.25. The maximum absolute atomic E-state index is 6.39. The van der Waals surface area contributed by atoms with Crippen LogP contribution in [0.2, 0.25) is 5.02 Å². The molecular weight excluding hydrogens is 258 g/mol. The Morgan fingerprint density at radius 3 is 2.95 bits per heavy atom. The van der Waals surface area contributed by atoms with Gasteiger partial charge in [-0.3, -0.25) is 0 Å². The second-order valence-corrected chi connectivity index (χ2v) is 5.78. The van der Waals surface area contributed by atoms with Gasteiger partial charge in [0.1, 0.15) is 5.82 Å².